The number of unbranched alkanes of at least 4 members (excludes halogenated alkanes) is 10. The van der Waals surface area contributed by atoms with E-state index in [9.17, 15) is 8.42 Å². The van der Waals surface area contributed by atoms with Crippen LogP contribution in [0.4, 0.5) is 0 Å². The molecule has 0 rings (SSSR count). The number of aliphatic hydroxyl groups excluding tert-OH is 3. The molecule has 0 spiro atoms. The Balaban J connectivity index is 0. The van der Waals surface area contributed by atoms with Crippen molar-refractivity contribution in [2.24, 2.45) is 0 Å². The van der Waals surface area contributed by atoms with Crippen LogP contribution in [0.5, 0.6) is 0 Å². The molecule has 0 aromatic rings. The molecule has 9 heteroatoms. The van der Waals surface area contributed by atoms with Crippen molar-refractivity contribution in [1.82, 2.24) is 4.90 Å². The molecule has 4 N–H and O–H groups in total. The molecule has 28 heavy (non-hydrogen) atoms. The van der Waals surface area contributed by atoms with Crippen molar-refractivity contribution in [2.75, 3.05) is 6.61 Å². The first-order valence-corrected chi connectivity index (χ1v) is 11.8. The van der Waals surface area contributed by atoms with Gasteiger partial charge in [-0.1, -0.05) is 71.1 Å². The molecule has 0 aliphatic rings. The van der Waals surface area contributed by atoms with Crippen LogP contribution in [0.1, 0.15) is 98.3 Å². The Bertz CT molecular complexity index is 409. The number of hydrogen-bond donors (Lipinski definition) is 4. The van der Waals surface area contributed by atoms with E-state index in [1.54, 1.807) is 0 Å². The molecule has 0 amide bonds. The topological polar surface area (TPSA) is 128 Å². The quantitative estimate of drug-likeness (QED) is 0.167. The van der Waals surface area contributed by atoms with Crippen LogP contribution >= 0.6 is 0 Å². The van der Waals surface area contributed by atoms with Gasteiger partial charge in [0.1, 0.15) is 18.7 Å². The van der Waals surface area contributed by atoms with E-state index in [0.717, 1.165) is 12.8 Å². The Morgan fingerprint density at radius 2 is 1.04 bits per heavy atom. The molecular formula is C19H43NO7S. The van der Waals surface area contributed by atoms with Crippen molar-refractivity contribution in [1.29, 1.82) is 0 Å². The van der Waals surface area contributed by atoms with Crippen molar-refractivity contribution in [3.05, 3.63) is 0 Å². The zero-order valence-electron chi connectivity index (χ0n) is 18.1. The van der Waals surface area contributed by atoms with E-state index in [-0.39, 0.29) is 6.61 Å². The minimum absolute atomic E-state index is 0.0931. The van der Waals surface area contributed by atoms with Gasteiger partial charge >= 0.3 is 10.4 Å². The third-order valence-electron chi connectivity index (χ3n) is 4.27. The number of nitrogens with zero attached hydrogens (tertiary/aromatic N) is 1. The maximum atomic E-state index is 10.2. The average Bonchev–Trinajstić information content (AvgIpc) is 2.54. The third-order valence-corrected chi connectivity index (χ3v) is 4.74. The number of hydrogen-bond acceptors (Lipinski definition) is 7. The minimum atomic E-state index is -4.24. The van der Waals surface area contributed by atoms with Crippen molar-refractivity contribution in [3.63, 3.8) is 0 Å². The number of aliphatic hydroxyl groups is 3. The lowest BCUT2D eigenvalue weighted by molar-refractivity contribution is -0.159. The Kier molecular flexibility index (Phi) is 20.0. The summed E-state index contributed by atoms with van der Waals surface area (Å²) in [6.45, 7) is 6.78. The van der Waals surface area contributed by atoms with Crippen LogP contribution in [0.25, 0.3) is 0 Å². The first-order valence-electron chi connectivity index (χ1n) is 10.5. The lowest BCUT2D eigenvalue weighted by atomic mass is 10.1. The SMILES string of the molecule is CC(O)N(C(C)O)C(C)O.CCCCCCCCCCCCCOS(=O)(=O)O. The molecule has 172 valence electrons. The maximum absolute atomic E-state index is 10.2. The lowest BCUT2D eigenvalue weighted by Gasteiger charge is -2.30. The van der Waals surface area contributed by atoms with Gasteiger partial charge < -0.3 is 15.3 Å². The molecule has 0 heterocycles. The molecule has 0 saturated heterocycles. The average molecular weight is 430 g/mol. The molecule has 0 bridgehead atoms. The van der Waals surface area contributed by atoms with Gasteiger partial charge in [0, 0.05) is 0 Å². The molecule has 3 atom stereocenters. The molecule has 0 aliphatic carbocycles. The predicted octanol–water partition coefficient (Wildman–Crippen LogP) is 3.42. The van der Waals surface area contributed by atoms with Crippen LogP contribution in [-0.2, 0) is 14.6 Å². The zero-order chi connectivity index (χ0) is 22.0. The molecular weight excluding hydrogens is 386 g/mol. The van der Waals surface area contributed by atoms with E-state index < -0.39 is 29.1 Å². The van der Waals surface area contributed by atoms with E-state index in [0.29, 0.717) is 6.42 Å². The summed E-state index contributed by atoms with van der Waals surface area (Å²) in [6.07, 6.45) is 10.8. The van der Waals surface area contributed by atoms with E-state index in [1.165, 1.54) is 77.0 Å². The molecule has 0 fully saturated rings. The van der Waals surface area contributed by atoms with E-state index in [2.05, 4.69) is 11.1 Å². The molecule has 8 nitrogen and oxygen atoms in total. The van der Waals surface area contributed by atoms with Gasteiger partial charge in [-0.2, -0.15) is 8.42 Å². The van der Waals surface area contributed by atoms with E-state index >= 15 is 0 Å². The van der Waals surface area contributed by atoms with Crippen LogP contribution in [0.3, 0.4) is 0 Å². The zero-order valence-corrected chi connectivity index (χ0v) is 18.9. The fourth-order valence-electron chi connectivity index (χ4n) is 2.87. The van der Waals surface area contributed by atoms with Crippen molar-refractivity contribution in [2.45, 2.75) is 117 Å². The Labute approximate surface area is 171 Å². The standard InChI is InChI=1S/C13H28O4S.C6H15NO3/c1-2-3-4-5-6-7-8-9-10-11-12-13-17-18(14,15)16;1-4(8)7(5(2)9)6(3)10/h2-13H2,1H3,(H,14,15,16);4-6,8-10H,1-3H3. The Morgan fingerprint density at radius 1 is 0.714 bits per heavy atom. The highest BCUT2D eigenvalue weighted by molar-refractivity contribution is 7.80. The van der Waals surface area contributed by atoms with Crippen molar-refractivity contribution >= 4 is 10.4 Å². The molecule has 0 aliphatic heterocycles. The van der Waals surface area contributed by atoms with Crippen LogP contribution in [0, 0.1) is 0 Å². The van der Waals surface area contributed by atoms with E-state index in [1.807, 2.05) is 0 Å². The highest BCUT2D eigenvalue weighted by Gasteiger charge is 2.20. The molecule has 0 radical (unpaired) electrons. The highest BCUT2D eigenvalue weighted by atomic mass is 32.3. The summed E-state index contributed by atoms with van der Waals surface area (Å²) in [5.41, 5.74) is 0. The third kappa shape index (κ3) is 22.0. The second-order valence-corrected chi connectivity index (χ2v) is 8.22. The smallest absolute Gasteiger partial charge is 0.379 e. The molecule has 0 aromatic carbocycles. The Morgan fingerprint density at radius 3 is 1.29 bits per heavy atom. The lowest BCUT2D eigenvalue weighted by Crippen LogP contribution is -2.45. The van der Waals surface area contributed by atoms with Gasteiger partial charge in [-0.15, -0.1) is 0 Å². The van der Waals surface area contributed by atoms with Gasteiger partial charge in [0.05, 0.1) is 6.61 Å². The van der Waals surface area contributed by atoms with Crippen molar-refractivity contribution in [3.8, 4) is 0 Å². The summed E-state index contributed by atoms with van der Waals surface area (Å²) < 4.78 is 33.1. The summed E-state index contributed by atoms with van der Waals surface area (Å²) in [5.74, 6) is 0. The van der Waals surface area contributed by atoms with Crippen LogP contribution < -0.4 is 0 Å². The second kappa shape index (κ2) is 18.7. The summed E-state index contributed by atoms with van der Waals surface area (Å²) >= 11 is 0. The maximum Gasteiger partial charge on any atom is 0.397 e. The second-order valence-electron chi connectivity index (χ2n) is 7.13. The fourth-order valence-corrected chi connectivity index (χ4v) is 3.20. The van der Waals surface area contributed by atoms with Crippen molar-refractivity contribution < 1.29 is 32.5 Å². The first kappa shape index (κ1) is 29.9. The first-order chi connectivity index (χ1) is 13.0. The fraction of sp³-hybridized carbons (Fsp3) is 1.00. The summed E-state index contributed by atoms with van der Waals surface area (Å²) in [7, 11) is -4.24. The molecule has 0 aromatic heterocycles. The summed E-state index contributed by atoms with van der Waals surface area (Å²) in [5, 5.41) is 26.9. The minimum Gasteiger partial charge on any atom is -0.379 e. The summed E-state index contributed by atoms with van der Waals surface area (Å²) in [4.78, 5) is 1.17. The summed E-state index contributed by atoms with van der Waals surface area (Å²) in [6, 6.07) is 0. The number of rotatable bonds is 16. The van der Waals surface area contributed by atoms with Gasteiger partial charge in [0.15, 0.2) is 0 Å². The largest absolute Gasteiger partial charge is 0.397 e. The van der Waals surface area contributed by atoms with Gasteiger partial charge in [0.2, 0.25) is 0 Å². The Hall–Kier alpha value is -0.290. The molecule has 3 unspecified atom stereocenters. The van der Waals surface area contributed by atoms with Crippen LogP contribution in [-0.4, -0.2) is 58.5 Å². The van der Waals surface area contributed by atoms with E-state index in [4.69, 9.17) is 19.9 Å². The van der Waals surface area contributed by atoms with Gasteiger partial charge in [-0.3, -0.25) is 4.55 Å². The van der Waals surface area contributed by atoms with Crippen LogP contribution in [0.15, 0.2) is 0 Å². The van der Waals surface area contributed by atoms with Crippen LogP contribution in [0.2, 0.25) is 0 Å². The monoisotopic (exact) mass is 429 g/mol. The predicted molar refractivity (Wildman–Crippen MR) is 111 cm³/mol. The van der Waals surface area contributed by atoms with Gasteiger partial charge in [-0.05, 0) is 27.2 Å². The normalized spacial score (nSPS) is 15.0. The highest BCUT2D eigenvalue weighted by Crippen LogP contribution is 2.11. The molecule has 0 saturated carbocycles. The van der Waals surface area contributed by atoms with Gasteiger partial charge in [0.25, 0.3) is 0 Å². The van der Waals surface area contributed by atoms with Gasteiger partial charge in [-0.25, -0.2) is 9.08 Å².